The molecule has 0 radical (unpaired) electrons. The molecule has 116 valence electrons. The number of nitrogens with one attached hydrogen (secondary N) is 2. The summed E-state index contributed by atoms with van der Waals surface area (Å²) in [6.07, 6.45) is 0. The predicted molar refractivity (Wildman–Crippen MR) is 86.3 cm³/mol. The molecule has 0 bridgehead atoms. The molecule has 0 fully saturated rings. The van der Waals surface area contributed by atoms with E-state index < -0.39 is 0 Å². The van der Waals surface area contributed by atoms with Gasteiger partial charge in [0.2, 0.25) is 0 Å². The van der Waals surface area contributed by atoms with E-state index in [1.807, 2.05) is 32.0 Å². The van der Waals surface area contributed by atoms with Gasteiger partial charge >= 0.3 is 0 Å². The first-order valence-electron chi connectivity index (χ1n) is 7.05. The molecule has 6 nitrogen and oxygen atoms in total. The van der Waals surface area contributed by atoms with Crippen molar-refractivity contribution in [2.24, 2.45) is 0 Å². The number of hydrogen-bond donors (Lipinski definition) is 2. The summed E-state index contributed by atoms with van der Waals surface area (Å²) in [6, 6.07) is 9.22. The lowest BCUT2D eigenvalue weighted by molar-refractivity contribution is 0.102. The molecule has 2 rings (SSSR count). The van der Waals surface area contributed by atoms with Crippen LogP contribution in [-0.2, 0) is 4.74 Å². The van der Waals surface area contributed by atoms with Crippen LogP contribution in [0.5, 0.6) is 0 Å². The van der Waals surface area contributed by atoms with Crippen molar-refractivity contribution in [1.82, 2.24) is 10.2 Å². The third-order valence-electron chi connectivity index (χ3n) is 3.14. The number of nitrogens with zero attached hydrogens (tertiary/aromatic N) is 2. The van der Waals surface area contributed by atoms with E-state index in [2.05, 4.69) is 20.8 Å². The number of ether oxygens (including phenoxy) is 1. The van der Waals surface area contributed by atoms with Crippen LogP contribution < -0.4 is 10.6 Å². The van der Waals surface area contributed by atoms with Crippen molar-refractivity contribution in [2.45, 2.75) is 13.8 Å². The number of aryl methyl sites for hydroxylation is 2. The molecule has 0 unspecified atom stereocenters. The molecule has 1 heterocycles. The summed E-state index contributed by atoms with van der Waals surface area (Å²) in [4.78, 5) is 12.2. The van der Waals surface area contributed by atoms with Crippen LogP contribution in [-0.4, -0.2) is 36.4 Å². The minimum Gasteiger partial charge on any atom is -0.383 e. The fourth-order valence-corrected chi connectivity index (χ4v) is 1.97. The highest BCUT2D eigenvalue weighted by atomic mass is 16.5. The molecular formula is C16H20N4O2. The number of hydrogen-bond acceptors (Lipinski definition) is 5. The van der Waals surface area contributed by atoms with E-state index in [0.717, 1.165) is 16.8 Å². The van der Waals surface area contributed by atoms with E-state index in [0.29, 0.717) is 19.0 Å². The van der Waals surface area contributed by atoms with E-state index in [1.165, 1.54) is 0 Å². The zero-order chi connectivity index (χ0) is 15.9. The topological polar surface area (TPSA) is 76.1 Å². The molecule has 0 spiro atoms. The Labute approximate surface area is 129 Å². The molecule has 2 N–H and O–H groups in total. The Balaban J connectivity index is 2.00. The summed E-state index contributed by atoms with van der Waals surface area (Å²) >= 11 is 0. The number of aromatic nitrogens is 2. The molecule has 0 aliphatic heterocycles. The molecule has 0 saturated carbocycles. The molecule has 0 aliphatic carbocycles. The van der Waals surface area contributed by atoms with Gasteiger partial charge in [-0.05, 0) is 37.6 Å². The fourth-order valence-electron chi connectivity index (χ4n) is 1.97. The van der Waals surface area contributed by atoms with E-state index in [1.54, 1.807) is 19.2 Å². The SMILES string of the molecule is COCCNc1ccc(C(=O)Nc2ccc(C)cc2C)nn1. The van der Waals surface area contributed by atoms with E-state index in [-0.39, 0.29) is 11.6 Å². The van der Waals surface area contributed by atoms with Gasteiger partial charge in [-0.2, -0.15) is 0 Å². The molecule has 0 atom stereocenters. The van der Waals surface area contributed by atoms with Crippen LogP contribution in [0, 0.1) is 13.8 Å². The van der Waals surface area contributed by atoms with Gasteiger partial charge in [0.15, 0.2) is 5.69 Å². The summed E-state index contributed by atoms with van der Waals surface area (Å²) in [7, 11) is 1.63. The van der Waals surface area contributed by atoms with Crippen LogP contribution in [0.25, 0.3) is 0 Å². The van der Waals surface area contributed by atoms with Crippen LogP contribution in [0.15, 0.2) is 30.3 Å². The van der Waals surface area contributed by atoms with Crippen molar-refractivity contribution in [3.63, 3.8) is 0 Å². The van der Waals surface area contributed by atoms with E-state index in [9.17, 15) is 4.79 Å². The van der Waals surface area contributed by atoms with Gasteiger partial charge in [-0.25, -0.2) is 0 Å². The first kappa shape index (κ1) is 15.9. The molecule has 1 aromatic heterocycles. The van der Waals surface area contributed by atoms with Crippen molar-refractivity contribution in [3.05, 3.63) is 47.2 Å². The zero-order valence-corrected chi connectivity index (χ0v) is 13.0. The van der Waals surface area contributed by atoms with Crippen molar-refractivity contribution in [3.8, 4) is 0 Å². The quantitative estimate of drug-likeness (QED) is 0.801. The Morgan fingerprint density at radius 1 is 1.18 bits per heavy atom. The Morgan fingerprint density at radius 2 is 2.00 bits per heavy atom. The minimum atomic E-state index is -0.275. The van der Waals surface area contributed by atoms with Gasteiger partial charge in [-0.1, -0.05) is 17.7 Å². The maximum Gasteiger partial charge on any atom is 0.276 e. The van der Waals surface area contributed by atoms with Crippen molar-refractivity contribution < 1.29 is 9.53 Å². The van der Waals surface area contributed by atoms with Crippen LogP contribution in [0.3, 0.4) is 0 Å². The van der Waals surface area contributed by atoms with Gasteiger partial charge in [0, 0.05) is 19.3 Å². The van der Waals surface area contributed by atoms with Crippen molar-refractivity contribution in [1.29, 1.82) is 0 Å². The number of benzene rings is 1. The maximum absolute atomic E-state index is 12.2. The molecule has 1 amide bonds. The number of carbonyl (C=O) groups excluding carboxylic acids is 1. The van der Waals surface area contributed by atoms with Crippen LogP contribution in [0.2, 0.25) is 0 Å². The zero-order valence-electron chi connectivity index (χ0n) is 13.0. The molecule has 0 saturated heterocycles. The Hall–Kier alpha value is -2.47. The lowest BCUT2D eigenvalue weighted by Crippen LogP contribution is -2.16. The number of carbonyl (C=O) groups is 1. The summed E-state index contributed by atoms with van der Waals surface area (Å²) in [5.41, 5.74) is 3.22. The Bertz CT molecular complexity index is 641. The van der Waals surface area contributed by atoms with E-state index in [4.69, 9.17) is 4.74 Å². The molecular weight excluding hydrogens is 280 g/mol. The number of methoxy groups -OCH3 is 1. The van der Waals surface area contributed by atoms with Crippen LogP contribution in [0.1, 0.15) is 21.6 Å². The highest BCUT2D eigenvalue weighted by Gasteiger charge is 2.10. The van der Waals surface area contributed by atoms with Gasteiger partial charge in [-0.15, -0.1) is 10.2 Å². The molecule has 22 heavy (non-hydrogen) atoms. The fraction of sp³-hybridized carbons (Fsp3) is 0.312. The maximum atomic E-state index is 12.2. The average molecular weight is 300 g/mol. The average Bonchev–Trinajstić information content (AvgIpc) is 2.51. The van der Waals surface area contributed by atoms with Crippen LogP contribution in [0.4, 0.5) is 11.5 Å². The highest BCUT2D eigenvalue weighted by molar-refractivity contribution is 6.03. The largest absolute Gasteiger partial charge is 0.383 e. The van der Waals surface area contributed by atoms with Gasteiger partial charge in [0.05, 0.1) is 6.61 Å². The Morgan fingerprint density at radius 3 is 2.64 bits per heavy atom. The highest BCUT2D eigenvalue weighted by Crippen LogP contribution is 2.16. The number of anilines is 2. The second-order valence-electron chi connectivity index (χ2n) is 5.00. The normalized spacial score (nSPS) is 10.3. The van der Waals surface area contributed by atoms with Gasteiger partial charge in [0.25, 0.3) is 5.91 Å². The number of rotatable bonds is 6. The number of amides is 1. The molecule has 2 aromatic rings. The summed E-state index contributed by atoms with van der Waals surface area (Å²) < 4.78 is 4.94. The summed E-state index contributed by atoms with van der Waals surface area (Å²) in [5, 5.41) is 13.8. The lowest BCUT2D eigenvalue weighted by Gasteiger charge is -2.09. The second-order valence-corrected chi connectivity index (χ2v) is 5.00. The second kappa shape index (κ2) is 7.51. The smallest absolute Gasteiger partial charge is 0.276 e. The standard InChI is InChI=1S/C16H20N4O2/c1-11-4-5-13(12(2)10-11)18-16(21)14-6-7-15(20-19-14)17-8-9-22-3/h4-7,10H,8-9H2,1-3H3,(H,17,20)(H,18,21). The molecule has 6 heteroatoms. The first-order chi connectivity index (χ1) is 10.6. The Kier molecular flexibility index (Phi) is 5.43. The monoisotopic (exact) mass is 300 g/mol. The molecule has 0 aliphatic rings. The third-order valence-corrected chi connectivity index (χ3v) is 3.14. The van der Waals surface area contributed by atoms with Gasteiger partial charge in [0.1, 0.15) is 5.82 Å². The minimum absolute atomic E-state index is 0.275. The van der Waals surface area contributed by atoms with E-state index >= 15 is 0 Å². The summed E-state index contributed by atoms with van der Waals surface area (Å²) in [6.45, 7) is 5.19. The lowest BCUT2D eigenvalue weighted by atomic mass is 10.1. The van der Waals surface area contributed by atoms with Crippen LogP contribution >= 0.6 is 0 Å². The van der Waals surface area contributed by atoms with Gasteiger partial charge < -0.3 is 15.4 Å². The first-order valence-corrected chi connectivity index (χ1v) is 7.05. The predicted octanol–water partition coefficient (Wildman–Crippen LogP) is 2.40. The third kappa shape index (κ3) is 4.26. The molecule has 1 aromatic carbocycles. The van der Waals surface area contributed by atoms with Gasteiger partial charge in [-0.3, -0.25) is 4.79 Å². The van der Waals surface area contributed by atoms with Crippen molar-refractivity contribution >= 4 is 17.4 Å². The van der Waals surface area contributed by atoms with Crippen molar-refractivity contribution in [2.75, 3.05) is 30.9 Å². The summed E-state index contributed by atoms with van der Waals surface area (Å²) in [5.74, 6) is 0.336.